The van der Waals surface area contributed by atoms with Gasteiger partial charge < -0.3 is 29.6 Å². The highest BCUT2D eigenvalue weighted by Crippen LogP contribution is 2.06. The molecule has 2 heterocycles. The fourth-order valence-electron chi connectivity index (χ4n) is 5.93. The number of benzene rings is 2. The van der Waals surface area contributed by atoms with Crippen molar-refractivity contribution >= 4 is 59.7 Å². The Hall–Kier alpha value is -7.08. The largest absolute Gasteiger partial charge is 0.449 e. The number of nitrogens with one attached hydrogen (secondary N) is 4. The van der Waals surface area contributed by atoms with E-state index in [2.05, 4.69) is 10.6 Å². The first-order chi connectivity index (χ1) is 32.7. The third-order valence-corrected chi connectivity index (χ3v) is 11.4. The Morgan fingerprint density at radius 3 is 1.26 bits per heavy atom. The lowest BCUT2D eigenvalue weighted by Crippen LogP contribution is -2.44. The van der Waals surface area contributed by atoms with Gasteiger partial charge in [-0.2, -0.15) is 23.5 Å². The van der Waals surface area contributed by atoms with Gasteiger partial charge in [0, 0.05) is 75.7 Å². The van der Waals surface area contributed by atoms with Crippen LogP contribution in [0.15, 0.2) is 92.2 Å². The molecule has 0 saturated carbocycles. The first-order valence-corrected chi connectivity index (χ1v) is 23.7. The summed E-state index contributed by atoms with van der Waals surface area (Å²) in [5, 5.41) is 9.36. The van der Waals surface area contributed by atoms with Crippen LogP contribution in [0.3, 0.4) is 0 Å². The van der Waals surface area contributed by atoms with E-state index in [9.17, 15) is 47.9 Å². The molecule has 0 aliphatic heterocycles. The van der Waals surface area contributed by atoms with Crippen LogP contribution >= 0.6 is 23.5 Å². The Labute approximate surface area is 398 Å². The fraction of sp³-hybridized carbons (Fsp3) is 0.409. The SMILES string of the molecule is Cn1c(=O)c(C(=O)NC(=O)OCc2ccccc2)cn(CCSCCOC(=O)NCCCCCCNC(=O)OCCSCCn2cc(C(=O)NC(=O)OCc3ccccc3)c(=O)n(C)c2=O)c1=O. The van der Waals surface area contributed by atoms with Crippen molar-refractivity contribution in [2.45, 2.75) is 52.0 Å². The normalized spacial score (nSPS) is 10.7. The number of unbranched alkanes of at least 4 members (excludes halogenated alkanes) is 3. The molecule has 4 rings (SSSR count). The molecule has 0 bridgehead atoms. The number of carbonyl (C=O) groups excluding carboxylic acids is 6. The van der Waals surface area contributed by atoms with Gasteiger partial charge in [0.15, 0.2) is 0 Å². The van der Waals surface area contributed by atoms with E-state index in [1.54, 1.807) is 60.7 Å². The van der Waals surface area contributed by atoms with Crippen molar-refractivity contribution in [1.82, 2.24) is 39.5 Å². The summed E-state index contributed by atoms with van der Waals surface area (Å²) in [5.41, 5.74) is -2.42. The van der Waals surface area contributed by atoms with E-state index in [0.29, 0.717) is 60.1 Å². The third kappa shape index (κ3) is 18.3. The average Bonchev–Trinajstić information content (AvgIpc) is 3.33. The highest BCUT2D eigenvalue weighted by molar-refractivity contribution is 7.99. The quantitative estimate of drug-likeness (QED) is 0.0549. The topological polar surface area (TPSA) is 275 Å². The highest BCUT2D eigenvalue weighted by atomic mass is 32.2. The highest BCUT2D eigenvalue weighted by Gasteiger charge is 2.20. The van der Waals surface area contributed by atoms with Crippen LogP contribution in [-0.4, -0.2) is 104 Å². The number of imide groups is 2. The van der Waals surface area contributed by atoms with Gasteiger partial charge in [0.1, 0.15) is 37.6 Å². The minimum absolute atomic E-state index is 0.0808. The van der Waals surface area contributed by atoms with Crippen LogP contribution in [0.1, 0.15) is 57.5 Å². The molecule has 0 saturated heterocycles. The zero-order valence-corrected chi connectivity index (χ0v) is 39.2. The van der Waals surface area contributed by atoms with Crippen molar-refractivity contribution in [1.29, 1.82) is 0 Å². The van der Waals surface area contributed by atoms with Crippen molar-refractivity contribution < 1.29 is 47.7 Å². The summed E-state index contributed by atoms with van der Waals surface area (Å²) in [7, 11) is 2.45. The standard InChI is InChI=1S/C44H54N8O14S2/c1-49-37(55)33(35(53)47-41(59)65-29-31-13-7-5-8-14-31)27-51(43(49)61)19-23-67-25-21-63-39(57)45-17-11-3-4-12-18-46-40(58)64-22-26-68-24-20-52-28-34(38(56)50(2)44(52)62)36(54)48-42(60)66-30-32-15-9-6-10-16-32/h5-10,13-16,27-28H,3-4,11-12,17-26,29-30H2,1-2H3,(H,45,57)(H,46,58)(H,47,53,59)(H,48,54,60). The lowest BCUT2D eigenvalue weighted by molar-refractivity contribution is 0.0896. The molecule has 4 N–H and O–H groups in total. The molecule has 0 spiro atoms. The van der Waals surface area contributed by atoms with Crippen LogP contribution in [-0.2, 0) is 59.3 Å². The summed E-state index contributed by atoms with van der Waals surface area (Å²) in [5.74, 6) is -0.380. The van der Waals surface area contributed by atoms with E-state index in [1.807, 2.05) is 10.6 Å². The van der Waals surface area contributed by atoms with E-state index in [1.165, 1.54) is 46.8 Å². The molecule has 0 atom stereocenters. The first kappa shape index (κ1) is 53.5. The van der Waals surface area contributed by atoms with E-state index in [-0.39, 0.29) is 39.5 Å². The molecular weight excluding hydrogens is 929 g/mol. The van der Waals surface area contributed by atoms with Gasteiger partial charge in [0.2, 0.25) is 0 Å². The van der Waals surface area contributed by atoms with Gasteiger partial charge in [-0.1, -0.05) is 73.5 Å². The summed E-state index contributed by atoms with van der Waals surface area (Å²) in [6.45, 7) is 1.12. The van der Waals surface area contributed by atoms with Crippen molar-refractivity contribution in [2.24, 2.45) is 14.1 Å². The van der Waals surface area contributed by atoms with Gasteiger partial charge in [-0.25, -0.2) is 28.8 Å². The van der Waals surface area contributed by atoms with Crippen molar-refractivity contribution in [3.8, 4) is 0 Å². The molecule has 22 nitrogen and oxygen atoms in total. The Balaban J connectivity index is 0.986. The molecule has 68 heavy (non-hydrogen) atoms. The molecule has 366 valence electrons. The molecule has 0 aliphatic carbocycles. The minimum Gasteiger partial charge on any atom is -0.449 e. The Morgan fingerprint density at radius 2 is 0.882 bits per heavy atom. The Bertz CT molecular complexity index is 2410. The van der Waals surface area contributed by atoms with E-state index < -0.39 is 69.8 Å². The van der Waals surface area contributed by atoms with Gasteiger partial charge in [-0.05, 0) is 24.0 Å². The monoisotopic (exact) mass is 982 g/mol. The number of aryl methyl sites for hydroxylation is 2. The molecule has 0 fully saturated rings. The number of nitrogens with zero attached hydrogens (tertiary/aromatic N) is 4. The van der Waals surface area contributed by atoms with Gasteiger partial charge in [0.05, 0.1) is 0 Å². The van der Waals surface area contributed by atoms with E-state index >= 15 is 0 Å². The molecule has 2 aromatic heterocycles. The van der Waals surface area contributed by atoms with Gasteiger partial charge in [-0.15, -0.1) is 0 Å². The molecule has 2 aromatic carbocycles. The van der Waals surface area contributed by atoms with Crippen molar-refractivity contribution in [2.75, 3.05) is 49.3 Å². The Morgan fingerprint density at radius 1 is 0.500 bits per heavy atom. The smallest absolute Gasteiger partial charge is 0.414 e. The lowest BCUT2D eigenvalue weighted by Gasteiger charge is -2.11. The Kier molecular flexibility index (Phi) is 22.7. The van der Waals surface area contributed by atoms with Crippen LogP contribution in [0, 0.1) is 0 Å². The molecule has 6 amide bonds. The van der Waals surface area contributed by atoms with Gasteiger partial charge in [0.25, 0.3) is 22.9 Å². The fourth-order valence-corrected chi connectivity index (χ4v) is 7.39. The first-order valence-electron chi connectivity index (χ1n) is 21.4. The molecule has 0 unspecified atom stereocenters. The zero-order valence-electron chi connectivity index (χ0n) is 37.6. The molecular formula is C44H54N8O14S2. The number of alkyl carbamates (subject to hydrolysis) is 4. The van der Waals surface area contributed by atoms with Crippen LogP contribution in [0.5, 0.6) is 0 Å². The van der Waals surface area contributed by atoms with E-state index in [4.69, 9.17) is 18.9 Å². The average molecular weight is 983 g/mol. The summed E-state index contributed by atoms with van der Waals surface area (Å²) >= 11 is 2.77. The number of amides is 6. The predicted molar refractivity (Wildman–Crippen MR) is 252 cm³/mol. The summed E-state index contributed by atoms with van der Waals surface area (Å²) < 4.78 is 24.4. The van der Waals surface area contributed by atoms with Crippen LogP contribution in [0.4, 0.5) is 19.2 Å². The predicted octanol–water partition coefficient (Wildman–Crippen LogP) is 2.72. The summed E-state index contributed by atoms with van der Waals surface area (Å²) in [6, 6.07) is 17.6. The van der Waals surface area contributed by atoms with Gasteiger partial charge in [-0.3, -0.25) is 48.1 Å². The number of aromatic nitrogens is 4. The van der Waals surface area contributed by atoms with E-state index in [0.717, 1.165) is 34.4 Å². The maximum absolute atomic E-state index is 12.7. The third-order valence-electron chi connectivity index (χ3n) is 9.57. The maximum Gasteiger partial charge on any atom is 0.414 e. The molecule has 0 aliphatic rings. The second-order valence-corrected chi connectivity index (χ2v) is 17.0. The zero-order chi connectivity index (χ0) is 49.3. The number of ether oxygens (including phenoxy) is 4. The number of carbonyl (C=O) groups is 6. The second kappa shape index (κ2) is 28.8. The lowest BCUT2D eigenvalue weighted by atomic mass is 10.2. The second-order valence-electron chi connectivity index (χ2n) is 14.6. The van der Waals surface area contributed by atoms with Crippen LogP contribution in [0.25, 0.3) is 0 Å². The summed E-state index contributed by atoms with van der Waals surface area (Å²) in [4.78, 5) is 124. The van der Waals surface area contributed by atoms with Gasteiger partial charge >= 0.3 is 35.8 Å². The maximum atomic E-state index is 12.7. The van der Waals surface area contributed by atoms with Crippen LogP contribution in [0.2, 0.25) is 0 Å². The van der Waals surface area contributed by atoms with Crippen molar-refractivity contribution in [3.05, 3.63) is 137 Å². The molecule has 0 radical (unpaired) electrons. The number of rotatable bonds is 25. The summed E-state index contributed by atoms with van der Waals surface area (Å²) in [6.07, 6.45) is 1.93. The number of thioether (sulfide) groups is 2. The van der Waals surface area contributed by atoms with Crippen LogP contribution < -0.4 is 43.8 Å². The minimum atomic E-state index is -1.04. The van der Waals surface area contributed by atoms with Crippen molar-refractivity contribution in [3.63, 3.8) is 0 Å². The molecule has 24 heteroatoms. The number of hydrogen-bond donors (Lipinski definition) is 4. The number of hydrogen-bond acceptors (Lipinski definition) is 16. The molecule has 4 aromatic rings.